The van der Waals surface area contributed by atoms with E-state index in [2.05, 4.69) is 4.98 Å². The molecular weight excluding hydrogens is 321 g/mol. The van der Waals surface area contributed by atoms with Crippen molar-refractivity contribution in [3.63, 3.8) is 0 Å². The number of hydrogen-bond donors (Lipinski definition) is 2. The zero-order chi connectivity index (χ0) is 17.6. The van der Waals surface area contributed by atoms with Crippen molar-refractivity contribution in [2.75, 3.05) is 7.11 Å². The van der Waals surface area contributed by atoms with Gasteiger partial charge in [0.1, 0.15) is 5.82 Å². The molecule has 0 unspecified atom stereocenters. The van der Waals surface area contributed by atoms with Crippen LogP contribution in [0.4, 0.5) is 4.39 Å². The van der Waals surface area contributed by atoms with E-state index < -0.39 is 0 Å². The number of fused-ring (bicyclic) bond motifs is 3. The van der Waals surface area contributed by atoms with Crippen molar-refractivity contribution in [3.05, 3.63) is 64.6 Å². The summed E-state index contributed by atoms with van der Waals surface area (Å²) in [5.74, 6) is 0.0307. The number of methoxy groups -OCH3 is 1. The lowest BCUT2D eigenvalue weighted by molar-refractivity contribution is 0.102. The van der Waals surface area contributed by atoms with Gasteiger partial charge in [0.25, 0.3) is 0 Å². The Morgan fingerprint density at radius 3 is 2.84 bits per heavy atom. The highest BCUT2D eigenvalue weighted by molar-refractivity contribution is 6.15. The highest BCUT2D eigenvalue weighted by atomic mass is 19.1. The minimum absolute atomic E-state index is 0.0551. The Hall–Kier alpha value is -3.08. The van der Waals surface area contributed by atoms with E-state index in [1.165, 1.54) is 25.3 Å². The largest absolute Gasteiger partial charge is 0.504 e. The number of nitrogens with one attached hydrogen (secondary N) is 1. The topological polar surface area (TPSA) is 62.3 Å². The Kier molecular flexibility index (Phi) is 3.57. The first-order valence-electron chi connectivity index (χ1n) is 7.99. The van der Waals surface area contributed by atoms with Gasteiger partial charge in [0.2, 0.25) is 5.78 Å². The second-order valence-electron chi connectivity index (χ2n) is 6.10. The van der Waals surface area contributed by atoms with Gasteiger partial charge in [-0.3, -0.25) is 4.79 Å². The zero-order valence-corrected chi connectivity index (χ0v) is 13.6. The third kappa shape index (κ3) is 2.58. The van der Waals surface area contributed by atoms with E-state index >= 15 is 0 Å². The molecule has 3 aromatic rings. The molecule has 2 aromatic carbocycles. The zero-order valence-electron chi connectivity index (χ0n) is 13.6. The number of aryl methyl sites for hydroxylation is 1. The molecule has 0 radical (unpaired) electrons. The normalized spacial score (nSPS) is 15.6. The van der Waals surface area contributed by atoms with E-state index in [0.717, 1.165) is 22.0 Å². The molecule has 1 heterocycles. The number of halogens is 1. The fourth-order valence-corrected chi connectivity index (χ4v) is 3.33. The van der Waals surface area contributed by atoms with Crippen LogP contribution in [0.25, 0.3) is 17.0 Å². The summed E-state index contributed by atoms with van der Waals surface area (Å²) >= 11 is 0. The predicted molar refractivity (Wildman–Crippen MR) is 93.5 cm³/mol. The number of aromatic amines is 1. The second kappa shape index (κ2) is 5.77. The number of aromatic hydroxyl groups is 1. The van der Waals surface area contributed by atoms with Crippen LogP contribution in [-0.2, 0) is 6.42 Å². The van der Waals surface area contributed by atoms with Gasteiger partial charge in [-0.2, -0.15) is 0 Å². The Balaban J connectivity index is 1.75. The average molecular weight is 337 g/mol. The maximum Gasteiger partial charge on any atom is 0.205 e. The molecule has 0 atom stereocenters. The SMILES string of the molecule is COc1cc(/C=C2\CCc3c([nH]c4ccc(F)cc34)C2=O)ccc1O. The maximum absolute atomic E-state index is 13.5. The first kappa shape index (κ1) is 15.4. The number of phenols is 1. The monoisotopic (exact) mass is 337 g/mol. The van der Waals surface area contributed by atoms with Gasteiger partial charge in [0.05, 0.1) is 12.8 Å². The molecule has 1 aliphatic carbocycles. The Bertz CT molecular complexity index is 1030. The van der Waals surface area contributed by atoms with Crippen molar-refractivity contribution in [1.29, 1.82) is 0 Å². The van der Waals surface area contributed by atoms with Crippen LogP contribution in [0.5, 0.6) is 11.5 Å². The van der Waals surface area contributed by atoms with Crippen molar-refractivity contribution in [2.24, 2.45) is 0 Å². The fraction of sp³-hybridized carbons (Fsp3) is 0.150. The summed E-state index contributed by atoms with van der Waals surface area (Å²) in [6.07, 6.45) is 3.06. The van der Waals surface area contributed by atoms with Crippen LogP contribution in [0, 0.1) is 5.82 Å². The molecule has 4 rings (SSSR count). The number of Topliss-reactive ketones (excluding diaryl/α,β-unsaturated/α-hetero) is 1. The first-order chi connectivity index (χ1) is 12.1. The number of phenolic OH excluding ortho intramolecular Hbond substituents is 1. The molecule has 0 saturated heterocycles. The number of ketones is 1. The highest BCUT2D eigenvalue weighted by Gasteiger charge is 2.26. The summed E-state index contributed by atoms with van der Waals surface area (Å²) in [5.41, 5.74) is 3.63. The van der Waals surface area contributed by atoms with Gasteiger partial charge >= 0.3 is 0 Å². The molecule has 1 aliphatic rings. The van der Waals surface area contributed by atoms with Crippen molar-refractivity contribution in [3.8, 4) is 11.5 Å². The Morgan fingerprint density at radius 2 is 2.04 bits per heavy atom. The number of carbonyl (C=O) groups is 1. The van der Waals surface area contributed by atoms with Gasteiger partial charge in [0.15, 0.2) is 11.5 Å². The number of aromatic nitrogens is 1. The summed E-state index contributed by atoms with van der Waals surface area (Å²) in [4.78, 5) is 15.9. The number of hydrogen-bond acceptors (Lipinski definition) is 3. The van der Waals surface area contributed by atoms with Gasteiger partial charge in [-0.05, 0) is 60.4 Å². The third-order valence-corrected chi connectivity index (χ3v) is 4.58. The van der Waals surface area contributed by atoms with Crippen LogP contribution in [0.2, 0.25) is 0 Å². The van der Waals surface area contributed by atoms with Crippen LogP contribution in [0.3, 0.4) is 0 Å². The lowest BCUT2D eigenvalue weighted by Gasteiger charge is -2.14. The highest BCUT2D eigenvalue weighted by Crippen LogP contribution is 2.33. The molecule has 1 aromatic heterocycles. The molecule has 25 heavy (non-hydrogen) atoms. The van der Waals surface area contributed by atoms with Crippen molar-refractivity contribution < 1.29 is 19.0 Å². The summed E-state index contributed by atoms with van der Waals surface area (Å²) in [7, 11) is 1.48. The summed E-state index contributed by atoms with van der Waals surface area (Å²) in [6.45, 7) is 0. The maximum atomic E-state index is 13.5. The minimum atomic E-state index is -0.306. The van der Waals surface area contributed by atoms with E-state index in [9.17, 15) is 14.3 Å². The van der Waals surface area contributed by atoms with Crippen LogP contribution >= 0.6 is 0 Å². The lowest BCUT2D eigenvalue weighted by atomic mass is 9.89. The smallest absolute Gasteiger partial charge is 0.205 e. The number of H-pyrrole nitrogens is 1. The van der Waals surface area contributed by atoms with Gasteiger partial charge in [-0.15, -0.1) is 0 Å². The van der Waals surface area contributed by atoms with E-state index in [-0.39, 0.29) is 17.3 Å². The second-order valence-corrected chi connectivity index (χ2v) is 6.10. The van der Waals surface area contributed by atoms with Crippen LogP contribution in [0.15, 0.2) is 42.0 Å². The molecule has 5 heteroatoms. The molecule has 0 aliphatic heterocycles. The third-order valence-electron chi connectivity index (χ3n) is 4.58. The van der Waals surface area contributed by atoms with E-state index in [1.54, 1.807) is 24.3 Å². The summed E-state index contributed by atoms with van der Waals surface area (Å²) < 4.78 is 18.6. The van der Waals surface area contributed by atoms with Crippen LogP contribution in [0.1, 0.15) is 28.0 Å². The van der Waals surface area contributed by atoms with Crippen molar-refractivity contribution >= 4 is 22.8 Å². The molecule has 0 bridgehead atoms. The predicted octanol–water partition coefficient (Wildman–Crippen LogP) is 4.23. The van der Waals surface area contributed by atoms with Crippen LogP contribution in [-0.4, -0.2) is 23.0 Å². The Morgan fingerprint density at radius 1 is 1.20 bits per heavy atom. The van der Waals surface area contributed by atoms with E-state index in [1.807, 2.05) is 0 Å². The Labute approximate surface area is 143 Å². The molecule has 0 saturated carbocycles. The molecule has 0 spiro atoms. The molecule has 126 valence electrons. The van der Waals surface area contributed by atoms with Crippen molar-refractivity contribution in [2.45, 2.75) is 12.8 Å². The fourth-order valence-electron chi connectivity index (χ4n) is 3.33. The number of rotatable bonds is 2. The van der Waals surface area contributed by atoms with E-state index in [4.69, 9.17) is 4.74 Å². The van der Waals surface area contributed by atoms with Crippen LogP contribution < -0.4 is 4.74 Å². The number of allylic oxidation sites excluding steroid dienone is 1. The first-order valence-corrected chi connectivity index (χ1v) is 7.99. The lowest BCUT2D eigenvalue weighted by Crippen LogP contribution is -2.13. The molecule has 0 fully saturated rings. The number of ether oxygens (including phenoxy) is 1. The molecule has 2 N–H and O–H groups in total. The molecule has 0 amide bonds. The molecular formula is C20H16FNO3. The minimum Gasteiger partial charge on any atom is -0.504 e. The quantitative estimate of drug-likeness (QED) is 0.688. The number of carbonyl (C=O) groups excluding carboxylic acids is 1. The molecule has 4 nitrogen and oxygen atoms in total. The number of benzene rings is 2. The van der Waals surface area contributed by atoms with Gasteiger partial charge < -0.3 is 14.8 Å². The van der Waals surface area contributed by atoms with Crippen molar-refractivity contribution in [1.82, 2.24) is 4.98 Å². The van der Waals surface area contributed by atoms with Gasteiger partial charge in [-0.1, -0.05) is 6.07 Å². The van der Waals surface area contributed by atoms with Gasteiger partial charge in [0, 0.05) is 16.5 Å². The summed E-state index contributed by atoms with van der Waals surface area (Å²) in [5, 5.41) is 10.4. The van der Waals surface area contributed by atoms with Gasteiger partial charge in [-0.25, -0.2) is 4.39 Å². The summed E-state index contributed by atoms with van der Waals surface area (Å²) in [6, 6.07) is 9.46. The average Bonchev–Trinajstić information content (AvgIpc) is 2.97. The van der Waals surface area contributed by atoms with E-state index in [0.29, 0.717) is 29.9 Å². The standard InChI is InChI=1S/C20H16FNO3/c1-25-18-9-11(2-7-17(18)23)8-12-3-5-14-15-10-13(21)4-6-16(15)22-19(14)20(12)24/h2,4,6-10,22-23H,3,5H2,1H3/b12-8+.